The van der Waals surface area contributed by atoms with E-state index in [9.17, 15) is 14.4 Å². The van der Waals surface area contributed by atoms with Gasteiger partial charge >= 0.3 is 6.09 Å². The Morgan fingerprint density at radius 2 is 1.51 bits per heavy atom. The van der Waals surface area contributed by atoms with E-state index in [1.54, 1.807) is 38.0 Å². The van der Waals surface area contributed by atoms with Gasteiger partial charge in [0.25, 0.3) is 5.91 Å². The Bertz CT molecular complexity index is 1310. The van der Waals surface area contributed by atoms with Crippen molar-refractivity contribution in [3.63, 3.8) is 0 Å². The number of alkyl carbamates (subject to hydrolysis) is 1. The molecule has 4 rings (SSSR count). The fourth-order valence-electron chi connectivity index (χ4n) is 5.13. The van der Waals surface area contributed by atoms with Crippen LogP contribution in [0.15, 0.2) is 47.7 Å². The van der Waals surface area contributed by atoms with Crippen molar-refractivity contribution in [3.8, 4) is 0 Å². The molecule has 256 valence electrons. The topological polar surface area (TPSA) is 157 Å². The quantitative estimate of drug-likeness (QED) is 0.258. The zero-order valence-corrected chi connectivity index (χ0v) is 27.6. The Hall–Kier alpha value is -4.14. The molecule has 1 unspecified atom stereocenters. The Kier molecular flexibility index (Phi) is 13.9. The molecule has 3 heterocycles. The summed E-state index contributed by atoms with van der Waals surface area (Å²) in [5.41, 5.74) is 0.825. The van der Waals surface area contributed by atoms with Crippen molar-refractivity contribution in [1.82, 2.24) is 25.6 Å². The minimum atomic E-state index is -0.532. The number of ether oxygens (including phenoxy) is 4. The number of hydrogen-bond donors (Lipinski definition) is 2. The van der Waals surface area contributed by atoms with Crippen molar-refractivity contribution in [2.24, 2.45) is 11.0 Å². The van der Waals surface area contributed by atoms with E-state index in [0.29, 0.717) is 91.0 Å². The molecule has 0 bridgehead atoms. The molecule has 2 aliphatic rings. The van der Waals surface area contributed by atoms with Crippen LogP contribution in [0.2, 0.25) is 0 Å². The first-order valence-electron chi connectivity index (χ1n) is 16.2. The lowest BCUT2D eigenvalue weighted by Crippen LogP contribution is -2.41. The number of hydrazone groups is 1. The largest absolute Gasteiger partial charge is 0.444 e. The molecule has 1 atom stereocenters. The van der Waals surface area contributed by atoms with Crippen LogP contribution >= 0.6 is 0 Å². The lowest BCUT2D eigenvalue weighted by Gasteiger charge is -2.33. The zero-order chi connectivity index (χ0) is 33.5. The van der Waals surface area contributed by atoms with Gasteiger partial charge in [0.2, 0.25) is 11.9 Å². The van der Waals surface area contributed by atoms with Crippen LogP contribution in [0.4, 0.5) is 10.7 Å². The van der Waals surface area contributed by atoms with Gasteiger partial charge in [-0.25, -0.2) is 19.8 Å². The van der Waals surface area contributed by atoms with Gasteiger partial charge in [-0.05, 0) is 45.2 Å². The van der Waals surface area contributed by atoms with Gasteiger partial charge in [0.1, 0.15) is 11.3 Å². The molecular formula is C33H47N7O7. The first kappa shape index (κ1) is 35.7. The number of amides is 3. The second-order valence-electron chi connectivity index (χ2n) is 12.2. The number of carbonyl (C=O) groups is 3. The maximum Gasteiger partial charge on any atom is 0.407 e. The number of benzene rings is 1. The second-order valence-corrected chi connectivity index (χ2v) is 12.2. The minimum absolute atomic E-state index is 0.0469. The molecule has 1 aromatic heterocycles. The van der Waals surface area contributed by atoms with Gasteiger partial charge in [-0.1, -0.05) is 30.3 Å². The molecule has 2 aliphatic heterocycles. The lowest BCUT2D eigenvalue weighted by atomic mass is 9.94. The van der Waals surface area contributed by atoms with Crippen LogP contribution in [0.3, 0.4) is 0 Å². The SMILES string of the molecule is CC(C)(C)OC(=O)NCCOCCOCCOCCNC(=O)c1ccnc(N2CCC(C(=O)N3N=CCC3c3ccccc3)CC2)n1. The molecule has 1 saturated heterocycles. The van der Waals surface area contributed by atoms with Gasteiger partial charge in [-0.2, -0.15) is 5.10 Å². The maximum atomic E-state index is 13.3. The number of nitrogens with zero attached hydrogens (tertiary/aromatic N) is 5. The average molecular weight is 654 g/mol. The van der Waals surface area contributed by atoms with Gasteiger partial charge < -0.3 is 34.5 Å². The van der Waals surface area contributed by atoms with Crippen molar-refractivity contribution in [3.05, 3.63) is 53.9 Å². The molecular weight excluding hydrogens is 606 g/mol. The number of hydrogen-bond acceptors (Lipinski definition) is 11. The lowest BCUT2D eigenvalue weighted by molar-refractivity contribution is -0.138. The van der Waals surface area contributed by atoms with Crippen LogP contribution in [-0.2, 0) is 23.7 Å². The summed E-state index contributed by atoms with van der Waals surface area (Å²) in [7, 11) is 0. The fraction of sp³-hybridized carbons (Fsp3) is 0.576. The molecule has 3 amide bonds. The summed E-state index contributed by atoms with van der Waals surface area (Å²) < 4.78 is 21.5. The third-order valence-corrected chi connectivity index (χ3v) is 7.43. The number of rotatable bonds is 16. The Labute approximate surface area is 276 Å². The summed E-state index contributed by atoms with van der Waals surface area (Å²) >= 11 is 0. The standard InChI is InChI=1S/C33H47N7O7/c1-33(2,3)47-32(43)36-16-20-45-22-24-46-23-21-44-19-15-34-29(41)27-9-13-35-31(38-27)39-17-11-26(12-18-39)30(42)40-28(10-14-37-40)25-7-5-4-6-8-25/h4-9,13-14,26,28H,10-12,15-24H2,1-3H3,(H,34,41)(H,36,43). The molecule has 14 nitrogen and oxygen atoms in total. The summed E-state index contributed by atoms with van der Waals surface area (Å²) in [6, 6.07) is 11.5. The molecule has 1 aromatic carbocycles. The van der Waals surface area contributed by atoms with Gasteiger partial charge in [0.05, 0.1) is 45.7 Å². The van der Waals surface area contributed by atoms with Crippen LogP contribution in [0, 0.1) is 5.92 Å². The first-order chi connectivity index (χ1) is 22.7. The van der Waals surface area contributed by atoms with Crippen LogP contribution < -0.4 is 15.5 Å². The number of anilines is 1. The van der Waals surface area contributed by atoms with Crippen molar-refractivity contribution in [2.75, 3.05) is 70.7 Å². The summed E-state index contributed by atoms with van der Waals surface area (Å²) in [6.07, 6.45) is 4.95. The zero-order valence-electron chi connectivity index (χ0n) is 27.6. The normalized spacial score (nSPS) is 16.7. The van der Waals surface area contributed by atoms with Crippen molar-refractivity contribution in [1.29, 1.82) is 0 Å². The van der Waals surface area contributed by atoms with Crippen LogP contribution in [0.5, 0.6) is 0 Å². The van der Waals surface area contributed by atoms with E-state index >= 15 is 0 Å². The highest BCUT2D eigenvalue weighted by Gasteiger charge is 2.35. The summed E-state index contributed by atoms with van der Waals surface area (Å²) in [5, 5.41) is 11.5. The first-order valence-corrected chi connectivity index (χ1v) is 16.2. The predicted octanol–water partition coefficient (Wildman–Crippen LogP) is 2.96. The smallest absolute Gasteiger partial charge is 0.407 e. The van der Waals surface area contributed by atoms with E-state index < -0.39 is 11.7 Å². The molecule has 2 N–H and O–H groups in total. The van der Waals surface area contributed by atoms with Crippen LogP contribution in [0.25, 0.3) is 0 Å². The Balaban J connectivity index is 1.05. The molecule has 0 spiro atoms. The highest BCUT2D eigenvalue weighted by Crippen LogP contribution is 2.32. The summed E-state index contributed by atoms with van der Waals surface area (Å²) in [5.74, 6) is 0.0840. The minimum Gasteiger partial charge on any atom is -0.444 e. The van der Waals surface area contributed by atoms with E-state index in [2.05, 4.69) is 25.7 Å². The van der Waals surface area contributed by atoms with E-state index in [1.807, 2.05) is 41.4 Å². The maximum absolute atomic E-state index is 13.3. The van der Waals surface area contributed by atoms with E-state index in [1.165, 1.54) is 0 Å². The summed E-state index contributed by atoms with van der Waals surface area (Å²) in [4.78, 5) is 48.5. The number of carbonyl (C=O) groups excluding carboxylic acids is 3. The van der Waals surface area contributed by atoms with E-state index in [0.717, 1.165) is 5.56 Å². The fourth-order valence-corrected chi connectivity index (χ4v) is 5.13. The molecule has 0 saturated carbocycles. The van der Waals surface area contributed by atoms with E-state index in [-0.39, 0.29) is 29.5 Å². The molecule has 2 aromatic rings. The second kappa shape index (κ2) is 18.3. The number of nitrogens with one attached hydrogen (secondary N) is 2. The average Bonchev–Trinajstić information content (AvgIpc) is 3.56. The highest BCUT2D eigenvalue weighted by atomic mass is 16.6. The van der Waals surface area contributed by atoms with Crippen molar-refractivity contribution in [2.45, 2.75) is 51.7 Å². The third-order valence-electron chi connectivity index (χ3n) is 7.43. The Morgan fingerprint density at radius 1 is 0.872 bits per heavy atom. The molecule has 14 heteroatoms. The third kappa shape index (κ3) is 11.9. The molecule has 0 radical (unpaired) electrons. The van der Waals surface area contributed by atoms with Crippen LogP contribution in [-0.4, -0.2) is 111 Å². The van der Waals surface area contributed by atoms with E-state index in [4.69, 9.17) is 18.9 Å². The predicted molar refractivity (Wildman–Crippen MR) is 175 cm³/mol. The molecule has 0 aliphatic carbocycles. The van der Waals surface area contributed by atoms with Gasteiger partial charge in [-0.3, -0.25) is 9.59 Å². The number of piperidine rings is 1. The highest BCUT2D eigenvalue weighted by molar-refractivity contribution is 5.92. The molecule has 1 fully saturated rings. The van der Waals surface area contributed by atoms with Gasteiger partial charge in [0.15, 0.2) is 0 Å². The number of aromatic nitrogens is 2. The van der Waals surface area contributed by atoms with Gasteiger partial charge in [-0.15, -0.1) is 0 Å². The van der Waals surface area contributed by atoms with Crippen molar-refractivity contribution < 1.29 is 33.3 Å². The van der Waals surface area contributed by atoms with Crippen LogP contribution in [0.1, 0.15) is 62.1 Å². The van der Waals surface area contributed by atoms with Crippen molar-refractivity contribution >= 4 is 30.1 Å². The monoisotopic (exact) mass is 653 g/mol. The molecule has 47 heavy (non-hydrogen) atoms. The van der Waals surface area contributed by atoms with Gasteiger partial charge in [0, 0.05) is 50.9 Å². The Morgan fingerprint density at radius 3 is 2.17 bits per heavy atom. The summed E-state index contributed by atoms with van der Waals surface area (Å²) in [6.45, 7) is 9.57.